The van der Waals surface area contributed by atoms with Gasteiger partial charge in [0.1, 0.15) is 11.8 Å². The SMILES string of the molecule is CSCCC(NC(=O)COc1ccccc1)C(=O)NNC(=S)NCC1CCCO1. The predicted octanol–water partition coefficient (Wildman–Crippen LogP) is 0.978. The standard InChI is InChI=1S/C19H28N4O4S2/c1-29-11-9-16(21-17(24)13-27-14-6-3-2-4-7-14)18(25)22-23-19(28)20-12-15-8-5-10-26-15/h2-4,6-7,15-16H,5,8-13H2,1H3,(H,21,24)(H,22,25)(H2,20,23,28). The average Bonchev–Trinajstić information content (AvgIpc) is 3.26. The molecule has 2 amide bonds. The van der Waals surface area contributed by atoms with Crippen LogP contribution in [0.5, 0.6) is 5.75 Å². The molecule has 0 aromatic heterocycles. The number of hydrazine groups is 1. The fourth-order valence-electron chi connectivity index (χ4n) is 2.67. The quantitative estimate of drug-likeness (QED) is 0.316. The summed E-state index contributed by atoms with van der Waals surface area (Å²) < 4.78 is 10.9. The van der Waals surface area contributed by atoms with Gasteiger partial charge >= 0.3 is 0 Å². The smallest absolute Gasteiger partial charge is 0.260 e. The first kappa shape index (κ1) is 23.2. The van der Waals surface area contributed by atoms with Gasteiger partial charge in [-0.25, -0.2) is 0 Å². The Labute approximate surface area is 180 Å². The van der Waals surface area contributed by atoms with E-state index in [0.29, 0.717) is 23.8 Å². The minimum absolute atomic E-state index is 0.142. The van der Waals surface area contributed by atoms with Gasteiger partial charge in [-0.3, -0.25) is 20.4 Å². The van der Waals surface area contributed by atoms with E-state index in [0.717, 1.165) is 25.2 Å². The van der Waals surface area contributed by atoms with E-state index in [-0.39, 0.29) is 24.5 Å². The molecule has 0 bridgehead atoms. The number of amides is 2. The molecule has 2 unspecified atom stereocenters. The van der Waals surface area contributed by atoms with Crippen LogP contribution >= 0.6 is 24.0 Å². The fourth-order valence-corrected chi connectivity index (χ4v) is 3.27. The van der Waals surface area contributed by atoms with Crippen molar-refractivity contribution in [3.05, 3.63) is 30.3 Å². The summed E-state index contributed by atoms with van der Waals surface area (Å²) in [5.41, 5.74) is 5.22. The Bertz CT molecular complexity index is 657. The highest BCUT2D eigenvalue weighted by atomic mass is 32.2. The fraction of sp³-hybridized carbons (Fsp3) is 0.526. The van der Waals surface area contributed by atoms with Gasteiger partial charge in [0.2, 0.25) is 0 Å². The number of carbonyl (C=O) groups is 2. The summed E-state index contributed by atoms with van der Waals surface area (Å²) in [7, 11) is 0. The minimum Gasteiger partial charge on any atom is -0.484 e. The first-order valence-electron chi connectivity index (χ1n) is 9.50. The van der Waals surface area contributed by atoms with Crippen LogP contribution in [0.2, 0.25) is 0 Å². The molecule has 2 rings (SSSR count). The van der Waals surface area contributed by atoms with E-state index < -0.39 is 6.04 Å². The van der Waals surface area contributed by atoms with Crippen LogP contribution in [0.4, 0.5) is 0 Å². The number of ether oxygens (including phenoxy) is 2. The number of para-hydroxylation sites is 1. The molecule has 1 aromatic rings. The van der Waals surface area contributed by atoms with Crippen LogP contribution in [0.1, 0.15) is 19.3 Å². The van der Waals surface area contributed by atoms with Crippen molar-refractivity contribution < 1.29 is 19.1 Å². The molecule has 1 heterocycles. The van der Waals surface area contributed by atoms with Crippen LogP contribution in [-0.2, 0) is 14.3 Å². The van der Waals surface area contributed by atoms with E-state index in [1.54, 1.807) is 23.9 Å². The number of rotatable bonds is 10. The average molecular weight is 441 g/mol. The van der Waals surface area contributed by atoms with Crippen molar-refractivity contribution in [3.63, 3.8) is 0 Å². The summed E-state index contributed by atoms with van der Waals surface area (Å²) in [6.45, 7) is 1.20. The highest BCUT2D eigenvalue weighted by Gasteiger charge is 2.21. The Kier molecular flexibility index (Phi) is 10.6. The monoisotopic (exact) mass is 440 g/mol. The van der Waals surface area contributed by atoms with Gasteiger partial charge in [-0.1, -0.05) is 18.2 Å². The van der Waals surface area contributed by atoms with Crippen LogP contribution < -0.4 is 26.2 Å². The van der Waals surface area contributed by atoms with Crippen molar-refractivity contribution in [2.24, 2.45) is 0 Å². The first-order valence-corrected chi connectivity index (χ1v) is 11.3. The third-order valence-corrected chi connectivity index (χ3v) is 5.08. The molecule has 0 aliphatic carbocycles. The Balaban J connectivity index is 1.73. The lowest BCUT2D eigenvalue weighted by Crippen LogP contribution is -2.55. The molecule has 8 nitrogen and oxygen atoms in total. The highest BCUT2D eigenvalue weighted by molar-refractivity contribution is 7.98. The molecule has 29 heavy (non-hydrogen) atoms. The third-order valence-electron chi connectivity index (χ3n) is 4.19. The van der Waals surface area contributed by atoms with Gasteiger partial charge in [-0.2, -0.15) is 11.8 Å². The molecule has 1 aliphatic heterocycles. The maximum atomic E-state index is 12.5. The molecule has 4 N–H and O–H groups in total. The maximum absolute atomic E-state index is 12.5. The number of thiocarbonyl (C=S) groups is 1. The summed E-state index contributed by atoms with van der Waals surface area (Å²) >= 11 is 6.76. The van der Waals surface area contributed by atoms with E-state index in [1.807, 2.05) is 24.5 Å². The maximum Gasteiger partial charge on any atom is 0.260 e. The number of carbonyl (C=O) groups excluding carboxylic acids is 2. The number of hydrogen-bond acceptors (Lipinski definition) is 6. The molecule has 0 spiro atoms. The zero-order valence-electron chi connectivity index (χ0n) is 16.4. The van der Waals surface area contributed by atoms with Crippen molar-refractivity contribution >= 4 is 40.9 Å². The second-order valence-corrected chi connectivity index (χ2v) is 7.86. The summed E-state index contributed by atoms with van der Waals surface area (Å²) in [4.78, 5) is 24.7. The molecule has 1 aliphatic rings. The molecule has 1 saturated heterocycles. The molecule has 2 atom stereocenters. The Morgan fingerprint density at radius 1 is 1.31 bits per heavy atom. The van der Waals surface area contributed by atoms with E-state index in [1.165, 1.54) is 0 Å². The number of benzene rings is 1. The van der Waals surface area contributed by atoms with Crippen LogP contribution in [0.25, 0.3) is 0 Å². The number of thioether (sulfide) groups is 1. The van der Waals surface area contributed by atoms with Crippen molar-refractivity contribution in [3.8, 4) is 5.75 Å². The van der Waals surface area contributed by atoms with Gasteiger partial charge in [-0.15, -0.1) is 0 Å². The van der Waals surface area contributed by atoms with E-state index in [9.17, 15) is 9.59 Å². The van der Waals surface area contributed by atoms with Crippen LogP contribution in [0.3, 0.4) is 0 Å². The van der Waals surface area contributed by atoms with Gasteiger partial charge in [-0.05, 0) is 55.6 Å². The Morgan fingerprint density at radius 2 is 2.10 bits per heavy atom. The summed E-state index contributed by atoms with van der Waals surface area (Å²) in [5, 5.41) is 6.02. The predicted molar refractivity (Wildman–Crippen MR) is 118 cm³/mol. The van der Waals surface area contributed by atoms with Crippen molar-refractivity contribution in [2.45, 2.75) is 31.4 Å². The van der Waals surface area contributed by atoms with Gasteiger partial charge < -0.3 is 20.1 Å². The van der Waals surface area contributed by atoms with Crippen molar-refractivity contribution in [1.29, 1.82) is 0 Å². The summed E-state index contributed by atoms with van der Waals surface area (Å²) in [5.74, 6) is 0.583. The lowest BCUT2D eigenvalue weighted by molar-refractivity contribution is -0.130. The van der Waals surface area contributed by atoms with Gasteiger partial charge in [0.15, 0.2) is 11.7 Å². The first-order chi connectivity index (χ1) is 14.1. The highest BCUT2D eigenvalue weighted by Crippen LogP contribution is 2.10. The lowest BCUT2D eigenvalue weighted by Gasteiger charge is -2.20. The zero-order valence-corrected chi connectivity index (χ0v) is 18.1. The largest absolute Gasteiger partial charge is 0.484 e. The molecule has 0 saturated carbocycles. The molecule has 10 heteroatoms. The minimum atomic E-state index is -0.692. The van der Waals surface area contributed by atoms with E-state index in [4.69, 9.17) is 21.7 Å². The summed E-state index contributed by atoms with van der Waals surface area (Å²) in [6, 6.07) is 8.34. The zero-order chi connectivity index (χ0) is 20.9. The molecule has 0 radical (unpaired) electrons. The lowest BCUT2D eigenvalue weighted by atomic mass is 10.2. The third kappa shape index (κ3) is 9.33. The molecule has 160 valence electrons. The topological polar surface area (TPSA) is 101 Å². The van der Waals surface area contributed by atoms with Crippen LogP contribution in [-0.4, -0.2) is 60.8 Å². The number of hydrogen-bond donors (Lipinski definition) is 4. The van der Waals surface area contributed by atoms with E-state index >= 15 is 0 Å². The van der Waals surface area contributed by atoms with E-state index in [2.05, 4.69) is 21.5 Å². The van der Waals surface area contributed by atoms with Gasteiger partial charge in [0, 0.05) is 13.2 Å². The van der Waals surface area contributed by atoms with Crippen molar-refractivity contribution in [2.75, 3.05) is 31.8 Å². The molecule has 1 fully saturated rings. The summed E-state index contributed by atoms with van der Waals surface area (Å²) in [6.07, 6.45) is 4.62. The Hall–Kier alpha value is -2.04. The number of nitrogens with one attached hydrogen (secondary N) is 4. The molecular weight excluding hydrogens is 412 g/mol. The van der Waals surface area contributed by atoms with Gasteiger partial charge in [0.05, 0.1) is 6.10 Å². The van der Waals surface area contributed by atoms with Crippen molar-refractivity contribution in [1.82, 2.24) is 21.5 Å². The van der Waals surface area contributed by atoms with Crippen LogP contribution in [0.15, 0.2) is 30.3 Å². The second-order valence-electron chi connectivity index (χ2n) is 6.46. The molecular formula is C19H28N4O4S2. The normalized spacial score (nSPS) is 16.5. The van der Waals surface area contributed by atoms with Crippen LogP contribution in [0, 0.1) is 0 Å². The second kappa shape index (κ2) is 13.2. The Morgan fingerprint density at radius 3 is 2.79 bits per heavy atom. The molecule has 1 aromatic carbocycles. The van der Waals surface area contributed by atoms with Gasteiger partial charge in [0.25, 0.3) is 11.8 Å².